The normalized spacial score (nSPS) is 20.2. The Labute approximate surface area is 174 Å². The van der Waals surface area contributed by atoms with E-state index in [1.165, 1.54) is 53.3 Å². The van der Waals surface area contributed by atoms with E-state index < -0.39 is 0 Å². The van der Waals surface area contributed by atoms with Crippen LogP contribution in [-0.2, 0) is 0 Å². The molecule has 3 aromatic rings. The Kier molecular flexibility index (Phi) is 4.51. The number of thiophene rings is 1. The number of quaternary nitrogens is 1. The Morgan fingerprint density at radius 1 is 1.12 bits per heavy atom. The fraction of sp³-hybridized carbons (Fsp3) is 0.300. The quantitative estimate of drug-likeness (QED) is 0.391. The fourth-order valence-corrected chi connectivity index (χ4v) is 5.96. The zero-order chi connectivity index (χ0) is 16.3. The fourth-order valence-electron chi connectivity index (χ4n) is 4.52. The van der Waals surface area contributed by atoms with E-state index in [1.807, 2.05) is 23.5 Å². The lowest BCUT2D eigenvalue weighted by Crippen LogP contribution is -3.00. The van der Waals surface area contributed by atoms with Gasteiger partial charge in [0.05, 0.1) is 36.4 Å². The van der Waals surface area contributed by atoms with Crippen molar-refractivity contribution in [3.05, 3.63) is 63.6 Å². The predicted octanol–water partition coefficient (Wildman–Crippen LogP) is 2.51. The Morgan fingerprint density at radius 3 is 2.56 bits per heavy atom. The maximum absolute atomic E-state index is 6.08. The molecule has 0 aliphatic carbocycles. The number of benzene rings is 1. The summed E-state index contributed by atoms with van der Waals surface area (Å²) >= 11 is 8.00. The van der Waals surface area contributed by atoms with Gasteiger partial charge in [0.25, 0.3) is 0 Å². The van der Waals surface area contributed by atoms with Gasteiger partial charge in [0.1, 0.15) is 0 Å². The number of likely N-dealkylation sites (tertiary alicyclic amines) is 1. The van der Waals surface area contributed by atoms with Gasteiger partial charge in [-0.3, -0.25) is 0 Å². The Bertz CT molecular complexity index is 906. The minimum absolute atomic E-state index is 0. The van der Waals surface area contributed by atoms with Gasteiger partial charge in [0, 0.05) is 35.0 Å². The topological polar surface area (TPSA) is 4.93 Å². The SMILES string of the molecule is C[N+]1(C2c3scc(-c4ccc(Cl)cc4)c3-n3cccc32)CCCC1.[I-]. The first-order valence-corrected chi connectivity index (χ1v) is 9.82. The molecule has 0 amide bonds. The van der Waals surface area contributed by atoms with Gasteiger partial charge < -0.3 is 33.0 Å². The van der Waals surface area contributed by atoms with Crippen LogP contribution in [0.4, 0.5) is 0 Å². The van der Waals surface area contributed by atoms with Gasteiger partial charge in [0.15, 0.2) is 6.04 Å². The van der Waals surface area contributed by atoms with Crippen LogP contribution in [0.15, 0.2) is 48.0 Å². The number of rotatable bonds is 2. The lowest BCUT2D eigenvalue weighted by Gasteiger charge is -2.35. The second-order valence-corrected chi connectivity index (χ2v) is 8.56. The van der Waals surface area contributed by atoms with Gasteiger partial charge in [-0.1, -0.05) is 23.7 Å². The highest BCUT2D eigenvalue weighted by Crippen LogP contribution is 2.51. The molecule has 1 saturated heterocycles. The molecule has 4 heterocycles. The van der Waals surface area contributed by atoms with E-state index in [1.54, 1.807) is 0 Å². The largest absolute Gasteiger partial charge is 1.00 e. The molecule has 0 radical (unpaired) electrons. The van der Waals surface area contributed by atoms with Crippen molar-refractivity contribution in [3.8, 4) is 16.8 Å². The first kappa shape index (κ1) is 17.6. The Hall–Kier alpha value is -0.820. The first-order chi connectivity index (χ1) is 11.7. The summed E-state index contributed by atoms with van der Waals surface area (Å²) < 4.78 is 3.57. The third kappa shape index (κ3) is 2.60. The first-order valence-electron chi connectivity index (χ1n) is 8.56. The predicted molar refractivity (Wildman–Crippen MR) is 101 cm³/mol. The molecule has 5 rings (SSSR count). The molecule has 130 valence electrons. The highest BCUT2D eigenvalue weighted by molar-refractivity contribution is 7.11. The molecule has 5 heteroatoms. The number of fused-ring (bicyclic) bond motifs is 3. The maximum Gasteiger partial charge on any atom is 0.167 e. The number of aromatic nitrogens is 1. The van der Waals surface area contributed by atoms with Crippen molar-refractivity contribution < 1.29 is 28.5 Å². The summed E-state index contributed by atoms with van der Waals surface area (Å²) in [4.78, 5) is 1.53. The summed E-state index contributed by atoms with van der Waals surface area (Å²) in [6.07, 6.45) is 4.92. The minimum atomic E-state index is 0. The van der Waals surface area contributed by atoms with Gasteiger partial charge in [-0.25, -0.2) is 0 Å². The molecule has 0 spiro atoms. The number of halogens is 2. The summed E-state index contributed by atoms with van der Waals surface area (Å²) in [6.45, 7) is 2.56. The van der Waals surface area contributed by atoms with Crippen molar-refractivity contribution in [2.24, 2.45) is 0 Å². The highest BCUT2D eigenvalue weighted by Gasteiger charge is 2.46. The molecule has 1 fully saturated rings. The van der Waals surface area contributed by atoms with Crippen LogP contribution in [-0.4, -0.2) is 29.2 Å². The molecule has 1 unspecified atom stereocenters. The average molecular weight is 483 g/mol. The van der Waals surface area contributed by atoms with Crippen LogP contribution in [0.5, 0.6) is 0 Å². The van der Waals surface area contributed by atoms with E-state index >= 15 is 0 Å². The molecule has 2 nitrogen and oxygen atoms in total. The molecular formula is C20H20ClIN2S. The van der Waals surface area contributed by atoms with Crippen LogP contribution in [0.25, 0.3) is 16.8 Å². The molecule has 2 aliphatic heterocycles. The van der Waals surface area contributed by atoms with Crippen LogP contribution in [0.3, 0.4) is 0 Å². The smallest absolute Gasteiger partial charge is 0.167 e. The summed E-state index contributed by atoms with van der Waals surface area (Å²) in [7, 11) is 2.44. The minimum Gasteiger partial charge on any atom is -1.00 e. The molecule has 25 heavy (non-hydrogen) atoms. The van der Waals surface area contributed by atoms with E-state index in [0.717, 1.165) is 9.51 Å². The summed E-state index contributed by atoms with van der Waals surface area (Å²) in [5.41, 5.74) is 5.42. The number of hydrogen-bond donors (Lipinski definition) is 0. The molecule has 1 aromatic carbocycles. The van der Waals surface area contributed by atoms with Gasteiger partial charge >= 0.3 is 0 Å². The third-order valence-electron chi connectivity index (χ3n) is 5.71. The molecule has 0 bridgehead atoms. The van der Waals surface area contributed by atoms with Crippen molar-refractivity contribution in [3.63, 3.8) is 0 Å². The Morgan fingerprint density at radius 2 is 1.84 bits per heavy atom. The third-order valence-corrected chi connectivity index (χ3v) is 6.98. The molecular weight excluding hydrogens is 463 g/mol. The van der Waals surface area contributed by atoms with Crippen LogP contribution < -0.4 is 24.0 Å². The maximum atomic E-state index is 6.08. The van der Waals surface area contributed by atoms with Crippen LogP contribution in [0.1, 0.15) is 29.5 Å². The van der Waals surface area contributed by atoms with Crippen molar-refractivity contribution in [1.82, 2.24) is 4.57 Å². The molecule has 0 N–H and O–H groups in total. The number of nitrogens with zero attached hydrogens (tertiary/aromatic N) is 2. The second kappa shape index (κ2) is 6.41. The monoisotopic (exact) mass is 482 g/mol. The summed E-state index contributed by atoms with van der Waals surface area (Å²) in [5.74, 6) is 0. The molecule has 0 saturated carbocycles. The lowest BCUT2D eigenvalue weighted by atomic mass is 10.1. The van der Waals surface area contributed by atoms with Crippen molar-refractivity contribution in [2.75, 3.05) is 20.1 Å². The summed E-state index contributed by atoms with van der Waals surface area (Å²) in [5, 5.41) is 3.12. The second-order valence-electron chi connectivity index (χ2n) is 7.21. The number of hydrogen-bond acceptors (Lipinski definition) is 1. The van der Waals surface area contributed by atoms with Crippen LogP contribution in [0, 0.1) is 0 Å². The van der Waals surface area contributed by atoms with E-state index in [4.69, 9.17) is 11.6 Å². The van der Waals surface area contributed by atoms with E-state index in [9.17, 15) is 0 Å². The van der Waals surface area contributed by atoms with E-state index in [2.05, 4.69) is 47.5 Å². The standard InChI is InChI=1S/C20H20ClN2S.HI/c1-23(11-2-3-12-23)19-17-5-4-10-22(17)18-16(13-24-20(18)19)14-6-8-15(21)9-7-14;/h4-10,13,19H,2-3,11-12H2,1H3;1H/q+1;/p-1. The average Bonchev–Trinajstić information content (AvgIpc) is 3.30. The molecule has 1 atom stereocenters. The zero-order valence-electron chi connectivity index (χ0n) is 14.1. The van der Waals surface area contributed by atoms with Crippen molar-refractivity contribution >= 4 is 22.9 Å². The lowest BCUT2D eigenvalue weighted by molar-refractivity contribution is -0.921. The van der Waals surface area contributed by atoms with Gasteiger partial charge in [-0.15, -0.1) is 11.3 Å². The van der Waals surface area contributed by atoms with Crippen LogP contribution >= 0.6 is 22.9 Å². The van der Waals surface area contributed by atoms with Crippen molar-refractivity contribution in [1.29, 1.82) is 0 Å². The van der Waals surface area contributed by atoms with Crippen molar-refractivity contribution in [2.45, 2.75) is 18.9 Å². The van der Waals surface area contributed by atoms with Gasteiger partial charge in [0.2, 0.25) is 0 Å². The van der Waals surface area contributed by atoms with E-state index in [0.29, 0.717) is 6.04 Å². The Balaban J connectivity index is 0.00000157. The van der Waals surface area contributed by atoms with Crippen LogP contribution in [0.2, 0.25) is 5.02 Å². The highest BCUT2D eigenvalue weighted by atomic mass is 127. The molecule has 2 aliphatic rings. The van der Waals surface area contributed by atoms with Gasteiger partial charge in [-0.05, 0) is 29.8 Å². The zero-order valence-corrected chi connectivity index (χ0v) is 17.8. The van der Waals surface area contributed by atoms with Gasteiger partial charge in [-0.2, -0.15) is 0 Å². The van der Waals surface area contributed by atoms with E-state index in [-0.39, 0.29) is 24.0 Å². The summed E-state index contributed by atoms with van der Waals surface area (Å²) in [6, 6.07) is 13.2. The molecule has 2 aromatic heterocycles.